The van der Waals surface area contributed by atoms with Crippen molar-refractivity contribution >= 4 is 11.6 Å². The predicted molar refractivity (Wildman–Crippen MR) is 67.4 cm³/mol. The fraction of sp³-hybridized carbons (Fsp3) is 0.500. The molecule has 0 saturated carbocycles. The van der Waals surface area contributed by atoms with E-state index in [0.29, 0.717) is 17.3 Å². The van der Waals surface area contributed by atoms with Gasteiger partial charge >= 0.3 is 0 Å². The van der Waals surface area contributed by atoms with Crippen molar-refractivity contribution in [2.45, 2.75) is 25.3 Å². The Bertz CT molecular complexity index is 398. The highest BCUT2D eigenvalue weighted by Crippen LogP contribution is 2.39. The van der Waals surface area contributed by atoms with Crippen LogP contribution in [0.2, 0.25) is 5.02 Å². The molecular weight excluding hydrogens is 240 g/mol. The molecular formula is C12H17ClN2O2. The Kier molecular flexibility index (Phi) is 4.10. The molecule has 1 aromatic rings. The van der Waals surface area contributed by atoms with Crippen LogP contribution < -0.4 is 20.9 Å². The molecule has 5 heteroatoms. The molecule has 0 unspecified atom stereocenters. The van der Waals surface area contributed by atoms with E-state index in [0.717, 1.165) is 30.6 Å². The summed E-state index contributed by atoms with van der Waals surface area (Å²) in [6.07, 6.45) is 2.86. The van der Waals surface area contributed by atoms with Crippen molar-refractivity contribution in [1.29, 1.82) is 0 Å². The lowest BCUT2D eigenvalue weighted by Gasteiger charge is -2.14. The van der Waals surface area contributed by atoms with Gasteiger partial charge in [-0.3, -0.25) is 0 Å². The largest absolute Gasteiger partial charge is 0.454 e. The summed E-state index contributed by atoms with van der Waals surface area (Å²) in [5.41, 5.74) is 12.5. The van der Waals surface area contributed by atoms with Crippen molar-refractivity contribution in [3.63, 3.8) is 0 Å². The molecule has 0 fully saturated rings. The van der Waals surface area contributed by atoms with Gasteiger partial charge in [-0.25, -0.2) is 0 Å². The topological polar surface area (TPSA) is 70.5 Å². The summed E-state index contributed by atoms with van der Waals surface area (Å²) in [5.74, 6) is 1.41. The molecule has 1 heterocycles. The van der Waals surface area contributed by atoms with E-state index in [9.17, 15) is 0 Å². The fourth-order valence-electron chi connectivity index (χ4n) is 1.88. The van der Waals surface area contributed by atoms with Crippen molar-refractivity contribution < 1.29 is 9.47 Å². The zero-order valence-electron chi connectivity index (χ0n) is 9.62. The Morgan fingerprint density at radius 1 is 1.24 bits per heavy atom. The standard InChI is InChI=1S/C12H17ClN2O2/c13-9-6-12-11(16-7-17-12)5-8(9)10(15)3-1-2-4-14/h5-6,10H,1-4,7,14-15H2/t10-/m1/s1. The first-order valence-electron chi connectivity index (χ1n) is 5.77. The molecule has 94 valence electrons. The molecule has 1 atom stereocenters. The lowest BCUT2D eigenvalue weighted by Crippen LogP contribution is -2.11. The Labute approximate surface area is 106 Å². The van der Waals surface area contributed by atoms with Crippen molar-refractivity contribution in [3.05, 3.63) is 22.7 Å². The van der Waals surface area contributed by atoms with Crippen LogP contribution in [-0.4, -0.2) is 13.3 Å². The van der Waals surface area contributed by atoms with Crippen LogP contribution in [0, 0.1) is 0 Å². The summed E-state index contributed by atoms with van der Waals surface area (Å²) in [6, 6.07) is 3.56. The van der Waals surface area contributed by atoms with Crippen molar-refractivity contribution in [1.82, 2.24) is 0 Å². The van der Waals surface area contributed by atoms with Gasteiger partial charge in [-0.1, -0.05) is 18.0 Å². The van der Waals surface area contributed by atoms with E-state index < -0.39 is 0 Å². The quantitative estimate of drug-likeness (QED) is 0.793. The Morgan fingerprint density at radius 2 is 1.94 bits per heavy atom. The SMILES string of the molecule is NCCCC[C@@H](N)c1cc2c(cc1Cl)OCO2. The number of hydrogen-bond acceptors (Lipinski definition) is 4. The molecule has 4 N–H and O–H groups in total. The van der Waals surface area contributed by atoms with Crippen LogP contribution in [-0.2, 0) is 0 Å². The lowest BCUT2D eigenvalue weighted by atomic mass is 10.0. The lowest BCUT2D eigenvalue weighted by molar-refractivity contribution is 0.174. The van der Waals surface area contributed by atoms with Gasteiger partial charge in [0.15, 0.2) is 11.5 Å². The molecule has 2 rings (SSSR count). The van der Waals surface area contributed by atoms with E-state index in [-0.39, 0.29) is 12.8 Å². The second-order valence-electron chi connectivity index (χ2n) is 4.12. The maximum absolute atomic E-state index is 6.18. The monoisotopic (exact) mass is 256 g/mol. The minimum atomic E-state index is -0.0800. The highest BCUT2D eigenvalue weighted by Gasteiger charge is 2.19. The summed E-state index contributed by atoms with van der Waals surface area (Å²) >= 11 is 6.18. The van der Waals surface area contributed by atoms with Gasteiger partial charge in [-0.05, 0) is 31.0 Å². The van der Waals surface area contributed by atoms with E-state index in [2.05, 4.69) is 0 Å². The first kappa shape index (κ1) is 12.5. The Balaban J connectivity index is 2.09. The number of hydrogen-bond donors (Lipinski definition) is 2. The smallest absolute Gasteiger partial charge is 0.231 e. The third kappa shape index (κ3) is 2.83. The fourth-order valence-corrected chi connectivity index (χ4v) is 2.17. The van der Waals surface area contributed by atoms with Crippen molar-refractivity contribution in [2.24, 2.45) is 11.5 Å². The highest BCUT2D eigenvalue weighted by atomic mass is 35.5. The summed E-state index contributed by atoms with van der Waals surface area (Å²) in [5, 5.41) is 0.634. The van der Waals surface area contributed by atoms with Crippen LogP contribution in [0.3, 0.4) is 0 Å². The first-order valence-corrected chi connectivity index (χ1v) is 6.15. The number of halogens is 1. The number of unbranched alkanes of at least 4 members (excludes halogenated alkanes) is 1. The molecule has 1 aliphatic rings. The average molecular weight is 257 g/mol. The summed E-state index contributed by atoms with van der Waals surface area (Å²) in [6.45, 7) is 0.944. The molecule has 0 bridgehead atoms. The molecule has 0 radical (unpaired) electrons. The van der Waals surface area contributed by atoms with Crippen LogP contribution >= 0.6 is 11.6 Å². The second kappa shape index (κ2) is 5.58. The van der Waals surface area contributed by atoms with Crippen LogP contribution in [0.25, 0.3) is 0 Å². The van der Waals surface area contributed by atoms with Gasteiger partial charge in [-0.2, -0.15) is 0 Å². The van der Waals surface area contributed by atoms with Crippen molar-refractivity contribution in [2.75, 3.05) is 13.3 Å². The molecule has 0 spiro atoms. The molecule has 0 aliphatic carbocycles. The minimum Gasteiger partial charge on any atom is -0.454 e. The van der Waals surface area contributed by atoms with E-state index >= 15 is 0 Å². The number of rotatable bonds is 5. The summed E-state index contributed by atoms with van der Waals surface area (Å²) in [4.78, 5) is 0. The molecule has 17 heavy (non-hydrogen) atoms. The maximum Gasteiger partial charge on any atom is 0.231 e. The minimum absolute atomic E-state index is 0.0800. The van der Waals surface area contributed by atoms with Crippen LogP contribution in [0.5, 0.6) is 11.5 Å². The van der Waals surface area contributed by atoms with Gasteiger partial charge in [0.2, 0.25) is 6.79 Å². The van der Waals surface area contributed by atoms with Crippen LogP contribution in [0.4, 0.5) is 0 Å². The molecule has 4 nitrogen and oxygen atoms in total. The van der Waals surface area contributed by atoms with Crippen LogP contribution in [0.15, 0.2) is 12.1 Å². The van der Waals surface area contributed by atoms with Gasteiger partial charge < -0.3 is 20.9 Å². The Morgan fingerprint density at radius 3 is 2.65 bits per heavy atom. The predicted octanol–water partition coefficient (Wildman–Crippen LogP) is 2.20. The first-order chi connectivity index (χ1) is 8.22. The van der Waals surface area contributed by atoms with E-state index in [1.165, 1.54) is 0 Å². The van der Waals surface area contributed by atoms with Gasteiger partial charge in [0.05, 0.1) is 0 Å². The summed E-state index contributed by atoms with van der Waals surface area (Å²) in [7, 11) is 0. The second-order valence-corrected chi connectivity index (χ2v) is 4.53. The molecule has 1 aliphatic heterocycles. The molecule has 0 aromatic heterocycles. The normalized spacial score (nSPS) is 15.0. The van der Waals surface area contributed by atoms with Gasteiger partial charge in [-0.15, -0.1) is 0 Å². The zero-order chi connectivity index (χ0) is 12.3. The summed E-state index contributed by atoms with van der Waals surface area (Å²) < 4.78 is 10.6. The van der Waals surface area contributed by atoms with E-state index in [1.54, 1.807) is 6.07 Å². The van der Waals surface area contributed by atoms with Gasteiger partial charge in [0, 0.05) is 17.1 Å². The molecule has 1 aromatic carbocycles. The highest BCUT2D eigenvalue weighted by molar-refractivity contribution is 6.31. The number of ether oxygens (including phenoxy) is 2. The maximum atomic E-state index is 6.18. The molecule has 0 amide bonds. The van der Waals surface area contributed by atoms with E-state index in [1.807, 2.05) is 6.07 Å². The Hall–Kier alpha value is -0.970. The molecule has 0 saturated heterocycles. The zero-order valence-corrected chi connectivity index (χ0v) is 10.4. The number of nitrogens with two attached hydrogens (primary N) is 2. The van der Waals surface area contributed by atoms with Gasteiger partial charge in [0.1, 0.15) is 0 Å². The van der Waals surface area contributed by atoms with Crippen molar-refractivity contribution in [3.8, 4) is 11.5 Å². The van der Waals surface area contributed by atoms with E-state index in [4.69, 9.17) is 32.5 Å². The number of fused-ring (bicyclic) bond motifs is 1. The number of benzene rings is 1. The third-order valence-electron chi connectivity index (χ3n) is 2.86. The average Bonchev–Trinajstić information content (AvgIpc) is 2.75. The van der Waals surface area contributed by atoms with Crippen LogP contribution in [0.1, 0.15) is 30.9 Å². The third-order valence-corrected chi connectivity index (χ3v) is 3.19. The van der Waals surface area contributed by atoms with Gasteiger partial charge in [0.25, 0.3) is 0 Å².